The molecule has 118 valence electrons. The van der Waals surface area contributed by atoms with Gasteiger partial charge in [-0.3, -0.25) is 0 Å². The van der Waals surface area contributed by atoms with Crippen molar-refractivity contribution >= 4 is 10.0 Å². The first-order valence-corrected chi connectivity index (χ1v) is 9.08. The smallest absolute Gasteiger partial charge is 0.211 e. The minimum absolute atomic E-state index is 0.190. The molecule has 0 radical (unpaired) electrons. The fourth-order valence-corrected chi connectivity index (χ4v) is 3.15. The van der Waals surface area contributed by atoms with Gasteiger partial charge in [0.2, 0.25) is 10.0 Å². The summed E-state index contributed by atoms with van der Waals surface area (Å²) in [5.41, 5.74) is 1.09. The fourth-order valence-electron chi connectivity index (χ4n) is 2.07. The molecule has 6 heteroatoms. The zero-order valence-corrected chi connectivity index (χ0v) is 13.3. The second-order valence-corrected chi connectivity index (χ2v) is 7.32. The highest BCUT2D eigenvalue weighted by Gasteiger charge is 2.20. The van der Waals surface area contributed by atoms with E-state index < -0.39 is 10.0 Å². The Morgan fingerprint density at radius 2 is 1.90 bits per heavy atom. The van der Waals surface area contributed by atoms with E-state index in [1.54, 1.807) is 7.11 Å². The molecule has 0 bridgehead atoms. The van der Waals surface area contributed by atoms with Crippen molar-refractivity contribution in [2.24, 2.45) is 0 Å². The molecule has 0 saturated heterocycles. The van der Waals surface area contributed by atoms with E-state index in [-0.39, 0.29) is 5.75 Å². The molecular weight excluding hydrogens is 288 g/mol. The molecule has 0 unspecified atom stereocenters. The SMILES string of the molecule is COc1ccc(CCNS(=O)(=O)CCCNC2CC2)cc1. The molecule has 0 atom stereocenters. The van der Waals surface area contributed by atoms with Crippen LogP contribution < -0.4 is 14.8 Å². The summed E-state index contributed by atoms with van der Waals surface area (Å²) >= 11 is 0. The Morgan fingerprint density at radius 3 is 2.52 bits per heavy atom. The van der Waals surface area contributed by atoms with Crippen LogP contribution in [0.2, 0.25) is 0 Å². The first-order valence-electron chi connectivity index (χ1n) is 7.43. The Kier molecular flexibility index (Phi) is 6.02. The van der Waals surface area contributed by atoms with Gasteiger partial charge in [0.25, 0.3) is 0 Å². The summed E-state index contributed by atoms with van der Waals surface area (Å²) in [6.07, 6.45) is 3.80. The van der Waals surface area contributed by atoms with Crippen LogP contribution in [0, 0.1) is 0 Å². The lowest BCUT2D eigenvalue weighted by Crippen LogP contribution is -2.30. The second kappa shape index (κ2) is 7.77. The summed E-state index contributed by atoms with van der Waals surface area (Å²) in [5.74, 6) is 0.998. The average molecular weight is 312 g/mol. The molecule has 2 rings (SSSR count). The molecule has 0 aromatic heterocycles. The lowest BCUT2D eigenvalue weighted by molar-refractivity contribution is 0.414. The van der Waals surface area contributed by atoms with Gasteiger partial charge in [-0.15, -0.1) is 0 Å². The minimum atomic E-state index is -3.16. The molecule has 0 heterocycles. The monoisotopic (exact) mass is 312 g/mol. The van der Waals surface area contributed by atoms with Crippen LogP contribution >= 0.6 is 0 Å². The van der Waals surface area contributed by atoms with E-state index >= 15 is 0 Å². The van der Waals surface area contributed by atoms with Gasteiger partial charge in [0.15, 0.2) is 0 Å². The van der Waals surface area contributed by atoms with Crippen molar-refractivity contribution in [2.45, 2.75) is 31.7 Å². The van der Waals surface area contributed by atoms with Crippen molar-refractivity contribution in [1.29, 1.82) is 0 Å². The average Bonchev–Trinajstić information content (AvgIpc) is 3.28. The summed E-state index contributed by atoms with van der Waals surface area (Å²) in [4.78, 5) is 0. The molecule has 0 amide bonds. The number of hydrogen-bond donors (Lipinski definition) is 2. The maximum atomic E-state index is 11.8. The Hall–Kier alpha value is -1.11. The van der Waals surface area contributed by atoms with Crippen LogP contribution in [0.4, 0.5) is 0 Å². The summed E-state index contributed by atoms with van der Waals surface area (Å²) in [5, 5.41) is 3.32. The van der Waals surface area contributed by atoms with Gasteiger partial charge in [-0.1, -0.05) is 12.1 Å². The van der Waals surface area contributed by atoms with Gasteiger partial charge in [-0.05, 0) is 49.9 Å². The summed E-state index contributed by atoms with van der Waals surface area (Å²) < 4.78 is 31.4. The standard InChI is InChI=1S/C15H24N2O3S/c1-20-15-7-3-13(4-8-15)9-11-17-21(18,19)12-2-10-16-14-5-6-14/h3-4,7-8,14,16-17H,2,5-6,9-12H2,1H3. The zero-order valence-electron chi connectivity index (χ0n) is 12.5. The van der Waals surface area contributed by atoms with Crippen molar-refractivity contribution in [3.63, 3.8) is 0 Å². The predicted octanol–water partition coefficient (Wildman–Crippen LogP) is 1.30. The summed E-state index contributed by atoms with van der Waals surface area (Å²) in [6, 6.07) is 8.30. The van der Waals surface area contributed by atoms with E-state index in [0.29, 0.717) is 25.4 Å². The van der Waals surface area contributed by atoms with Crippen molar-refractivity contribution in [3.05, 3.63) is 29.8 Å². The fraction of sp³-hybridized carbons (Fsp3) is 0.600. The Balaban J connectivity index is 1.63. The molecular formula is C15H24N2O3S. The normalized spacial score (nSPS) is 15.1. The largest absolute Gasteiger partial charge is 0.497 e. The van der Waals surface area contributed by atoms with Crippen molar-refractivity contribution in [2.75, 3.05) is 26.0 Å². The lowest BCUT2D eigenvalue weighted by Gasteiger charge is -2.08. The second-order valence-electron chi connectivity index (χ2n) is 5.39. The zero-order chi connectivity index (χ0) is 15.1. The van der Waals surface area contributed by atoms with Gasteiger partial charge in [-0.25, -0.2) is 13.1 Å². The molecule has 1 aromatic carbocycles. The number of ether oxygens (including phenoxy) is 1. The molecule has 1 aliphatic carbocycles. The van der Waals surface area contributed by atoms with Gasteiger partial charge < -0.3 is 10.1 Å². The molecule has 5 nitrogen and oxygen atoms in total. The minimum Gasteiger partial charge on any atom is -0.497 e. The maximum absolute atomic E-state index is 11.8. The number of hydrogen-bond acceptors (Lipinski definition) is 4. The molecule has 1 fully saturated rings. The first kappa shape index (κ1) is 16.3. The van der Waals surface area contributed by atoms with Crippen LogP contribution in [-0.4, -0.2) is 40.4 Å². The van der Waals surface area contributed by atoms with Crippen LogP contribution in [0.3, 0.4) is 0 Å². The Labute approximate surface area is 127 Å². The third-order valence-corrected chi connectivity index (χ3v) is 4.96. The van der Waals surface area contributed by atoms with Crippen molar-refractivity contribution < 1.29 is 13.2 Å². The van der Waals surface area contributed by atoms with Crippen LogP contribution in [0.1, 0.15) is 24.8 Å². The van der Waals surface area contributed by atoms with Gasteiger partial charge in [-0.2, -0.15) is 0 Å². The number of nitrogens with one attached hydrogen (secondary N) is 2. The van der Waals surface area contributed by atoms with Crippen molar-refractivity contribution in [3.8, 4) is 5.75 Å². The molecule has 1 saturated carbocycles. The maximum Gasteiger partial charge on any atom is 0.211 e. The van der Waals surface area contributed by atoms with Gasteiger partial charge >= 0.3 is 0 Å². The number of methoxy groups -OCH3 is 1. The number of benzene rings is 1. The summed E-state index contributed by atoms with van der Waals surface area (Å²) in [7, 11) is -1.53. The van der Waals surface area contributed by atoms with Gasteiger partial charge in [0.05, 0.1) is 12.9 Å². The van der Waals surface area contributed by atoms with E-state index in [1.807, 2.05) is 24.3 Å². The van der Waals surface area contributed by atoms with E-state index in [1.165, 1.54) is 12.8 Å². The van der Waals surface area contributed by atoms with E-state index in [2.05, 4.69) is 10.0 Å². The molecule has 0 aliphatic heterocycles. The quantitative estimate of drug-likeness (QED) is 0.639. The van der Waals surface area contributed by atoms with Crippen LogP contribution in [-0.2, 0) is 16.4 Å². The van der Waals surface area contributed by atoms with Gasteiger partial charge in [0, 0.05) is 12.6 Å². The first-order chi connectivity index (χ1) is 10.1. The molecule has 1 aliphatic rings. The van der Waals surface area contributed by atoms with E-state index in [4.69, 9.17) is 4.74 Å². The third kappa shape index (κ3) is 6.46. The third-order valence-electron chi connectivity index (χ3n) is 3.49. The number of sulfonamides is 1. The number of rotatable bonds is 10. The molecule has 1 aromatic rings. The van der Waals surface area contributed by atoms with E-state index in [9.17, 15) is 8.42 Å². The molecule has 0 spiro atoms. The summed E-state index contributed by atoms with van der Waals surface area (Å²) in [6.45, 7) is 1.22. The lowest BCUT2D eigenvalue weighted by atomic mass is 10.1. The highest BCUT2D eigenvalue weighted by molar-refractivity contribution is 7.89. The highest BCUT2D eigenvalue weighted by Crippen LogP contribution is 2.18. The molecule has 21 heavy (non-hydrogen) atoms. The van der Waals surface area contributed by atoms with Crippen molar-refractivity contribution in [1.82, 2.24) is 10.0 Å². The van der Waals surface area contributed by atoms with Crippen LogP contribution in [0.5, 0.6) is 5.75 Å². The highest BCUT2D eigenvalue weighted by atomic mass is 32.2. The molecule has 2 N–H and O–H groups in total. The Morgan fingerprint density at radius 1 is 1.19 bits per heavy atom. The Bertz CT molecular complexity index is 524. The predicted molar refractivity (Wildman–Crippen MR) is 84.1 cm³/mol. The van der Waals surface area contributed by atoms with Gasteiger partial charge in [0.1, 0.15) is 5.75 Å². The van der Waals surface area contributed by atoms with Crippen LogP contribution in [0.25, 0.3) is 0 Å². The topological polar surface area (TPSA) is 67.4 Å². The van der Waals surface area contributed by atoms with E-state index in [0.717, 1.165) is 17.9 Å². The van der Waals surface area contributed by atoms with Crippen LogP contribution in [0.15, 0.2) is 24.3 Å².